The first-order valence-electron chi connectivity index (χ1n) is 10.2. The van der Waals surface area contributed by atoms with E-state index in [1.807, 2.05) is 42.5 Å². The van der Waals surface area contributed by atoms with Gasteiger partial charge in [-0.2, -0.15) is 0 Å². The van der Waals surface area contributed by atoms with Crippen molar-refractivity contribution < 1.29 is 17.9 Å². The Morgan fingerprint density at radius 2 is 1.78 bits per heavy atom. The van der Waals surface area contributed by atoms with Crippen molar-refractivity contribution in [1.29, 1.82) is 0 Å². The van der Waals surface area contributed by atoms with Crippen molar-refractivity contribution in [1.82, 2.24) is 14.5 Å². The van der Waals surface area contributed by atoms with Crippen molar-refractivity contribution in [2.45, 2.75) is 18.6 Å². The molecule has 2 aromatic carbocycles. The van der Waals surface area contributed by atoms with Gasteiger partial charge in [0, 0.05) is 24.6 Å². The molecule has 1 fully saturated rings. The molecule has 0 unspecified atom stereocenters. The molecule has 8 nitrogen and oxygen atoms in total. The number of aromatic nitrogens is 2. The summed E-state index contributed by atoms with van der Waals surface area (Å²) in [4.78, 5) is 12.7. The van der Waals surface area contributed by atoms with Crippen LogP contribution in [0.2, 0.25) is 0 Å². The fourth-order valence-electron chi connectivity index (χ4n) is 3.60. The third kappa shape index (κ3) is 5.32. The predicted octanol–water partition coefficient (Wildman–Crippen LogP) is 3.39. The van der Waals surface area contributed by atoms with Crippen molar-refractivity contribution in [3.63, 3.8) is 0 Å². The van der Waals surface area contributed by atoms with Crippen molar-refractivity contribution in [3.8, 4) is 16.3 Å². The van der Waals surface area contributed by atoms with Crippen LogP contribution in [0.25, 0.3) is 10.6 Å². The highest BCUT2D eigenvalue weighted by atomic mass is 32.2. The van der Waals surface area contributed by atoms with Crippen molar-refractivity contribution in [2.24, 2.45) is 5.92 Å². The smallest absolute Gasteiger partial charge is 0.229 e. The van der Waals surface area contributed by atoms with Gasteiger partial charge >= 0.3 is 0 Å². The van der Waals surface area contributed by atoms with Gasteiger partial charge in [-0.15, -0.1) is 10.2 Å². The highest BCUT2D eigenvalue weighted by Gasteiger charge is 2.31. The summed E-state index contributed by atoms with van der Waals surface area (Å²) in [6, 6.07) is 16.6. The number of nitrogens with zero attached hydrogens (tertiary/aromatic N) is 3. The summed E-state index contributed by atoms with van der Waals surface area (Å²) in [5.74, 6) is 0.321. The number of hydrogen-bond acceptors (Lipinski definition) is 7. The molecule has 2 heterocycles. The number of hydrogen-bond donors (Lipinski definition) is 1. The molecule has 32 heavy (non-hydrogen) atoms. The number of sulfonamides is 1. The largest absolute Gasteiger partial charge is 0.497 e. The average Bonchev–Trinajstić information content (AvgIpc) is 3.28. The summed E-state index contributed by atoms with van der Waals surface area (Å²) in [5, 5.41) is 12.2. The number of benzene rings is 2. The van der Waals surface area contributed by atoms with Crippen LogP contribution in [-0.4, -0.2) is 49.0 Å². The van der Waals surface area contributed by atoms with E-state index >= 15 is 0 Å². The summed E-state index contributed by atoms with van der Waals surface area (Å²) >= 11 is 1.30. The van der Waals surface area contributed by atoms with E-state index in [1.54, 1.807) is 19.2 Å². The lowest BCUT2D eigenvalue weighted by atomic mass is 9.97. The number of amides is 1. The van der Waals surface area contributed by atoms with Crippen LogP contribution < -0.4 is 10.1 Å². The number of anilines is 1. The lowest BCUT2D eigenvalue weighted by Crippen LogP contribution is -2.41. The zero-order chi connectivity index (χ0) is 22.6. The Morgan fingerprint density at radius 1 is 1.09 bits per heavy atom. The minimum absolute atomic E-state index is 0.0242. The molecule has 1 saturated heterocycles. The molecule has 0 spiro atoms. The molecule has 168 valence electrons. The summed E-state index contributed by atoms with van der Waals surface area (Å²) in [5.41, 5.74) is 1.65. The van der Waals surface area contributed by atoms with E-state index in [1.165, 1.54) is 15.6 Å². The van der Waals surface area contributed by atoms with Gasteiger partial charge in [0.05, 0.1) is 12.9 Å². The Bertz CT molecular complexity index is 1160. The van der Waals surface area contributed by atoms with Crippen LogP contribution in [0, 0.1) is 5.92 Å². The molecule has 1 amide bonds. The number of rotatable bonds is 7. The van der Waals surface area contributed by atoms with Crippen LogP contribution in [0.1, 0.15) is 18.4 Å². The second-order valence-corrected chi connectivity index (χ2v) is 10.5. The van der Waals surface area contributed by atoms with Crippen LogP contribution in [0.5, 0.6) is 5.75 Å². The maximum atomic E-state index is 12.7. The minimum Gasteiger partial charge on any atom is -0.497 e. The second kappa shape index (κ2) is 9.76. The zero-order valence-electron chi connectivity index (χ0n) is 17.6. The topological polar surface area (TPSA) is 101 Å². The van der Waals surface area contributed by atoms with Crippen molar-refractivity contribution in [3.05, 3.63) is 60.2 Å². The maximum Gasteiger partial charge on any atom is 0.229 e. The van der Waals surface area contributed by atoms with Crippen LogP contribution in [0.3, 0.4) is 0 Å². The van der Waals surface area contributed by atoms with Crippen LogP contribution >= 0.6 is 11.3 Å². The Hall–Kier alpha value is -2.82. The van der Waals surface area contributed by atoms with Gasteiger partial charge in [-0.25, -0.2) is 12.7 Å². The number of nitrogens with one attached hydrogen (secondary N) is 1. The van der Waals surface area contributed by atoms with E-state index in [4.69, 9.17) is 4.74 Å². The molecule has 3 aromatic rings. The number of piperidine rings is 1. The lowest BCUT2D eigenvalue weighted by molar-refractivity contribution is -0.120. The lowest BCUT2D eigenvalue weighted by Gasteiger charge is -2.30. The van der Waals surface area contributed by atoms with Crippen LogP contribution in [0.4, 0.5) is 5.13 Å². The molecular formula is C22H24N4O4S2. The van der Waals surface area contributed by atoms with Crippen molar-refractivity contribution >= 4 is 32.4 Å². The molecule has 0 saturated carbocycles. The quantitative estimate of drug-likeness (QED) is 0.566. The van der Waals surface area contributed by atoms with E-state index < -0.39 is 10.0 Å². The molecule has 0 bridgehead atoms. The third-order valence-electron chi connectivity index (χ3n) is 5.40. The Kier molecular flexibility index (Phi) is 6.83. The number of methoxy groups -OCH3 is 1. The maximum absolute atomic E-state index is 12.7. The molecule has 4 rings (SSSR count). The SMILES string of the molecule is COc1ccc(-c2nnc(NC(=O)C3CCN(S(=O)(=O)Cc4ccccc4)CC3)s2)cc1. The molecule has 10 heteroatoms. The van der Waals surface area contributed by atoms with E-state index in [0.717, 1.165) is 16.9 Å². The fourth-order valence-corrected chi connectivity index (χ4v) is 5.92. The Balaban J connectivity index is 1.31. The standard InChI is InChI=1S/C22H24N4O4S2/c1-30-19-9-7-18(8-10-19)21-24-25-22(31-21)23-20(27)17-11-13-26(14-12-17)32(28,29)15-16-5-3-2-4-6-16/h2-10,17H,11-15H2,1H3,(H,23,25,27). The third-order valence-corrected chi connectivity index (χ3v) is 8.14. The molecule has 1 aliphatic heterocycles. The normalized spacial score (nSPS) is 15.4. The van der Waals surface area contributed by atoms with Gasteiger partial charge in [0.15, 0.2) is 0 Å². The van der Waals surface area contributed by atoms with Gasteiger partial charge in [-0.1, -0.05) is 41.7 Å². The number of ether oxygens (including phenoxy) is 1. The summed E-state index contributed by atoms with van der Waals surface area (Å²) in [6.45, 7) is 0.668. The monoisotopic (exact) mass is 472 g/mol. The molecule has 1 N–H and O–H groups in total. The number of carbonyl (C=O) groups excluding carboxylic acids is 1. The first-order chi connectivity index (χ1) is 15.4. The van der Waals surface area contributed by atoms with Crippen LogP contribution in [-0.2, 0) is 20.6 Å². The molecule has 0 atom stereocenters. The zero-order valence-corrected chi connectivity index (χ0v) is 19.2. The molecular weight excluding hydrogens is 448 g/mol. The highest BCUT2D eigenvalue weighted by molar-refractivity contribution is 7.88. The minimum atomic E-state index is -3.40. The van der Waals surface area contributed by atoms with Gasteiger partial charge in [0.1, 0.15) is 10.8 Å². The molecule has 0 radical (unpaired) electrons. The first-order valence-corrected chi connectivity index (χ1v) is 12.7. The summed E-state index contributed by atoms with van der Waals surface area (Å²) in [6.07, 6.45) is 0.952. The van der Waals surface area contributed by atoms with E-state index in [0.29, 0.717) is 36.1 Å². The number of carbonyl (C=O) groups is 1. The van der Waals surface area contributed by atoms with Gasteiger partial charge in [-0.05, 0) is 42.7 Å². The van der Waals surface area contributed by atoms with E-state index in [9.17, 15) is 13.2 Å². The molecule has 1 aliphatic rings. The van der Waals surface area contributed by atoms with E-state index in [2.05, 4.69) is 15.5 Å². The highest BCUT2D eigenvalue weighted by Crippen LogP contribution is 2.29. The van der Waals surface area contributed by atoms with E-state index in [-0.39, 0.29) is 17.6 Å². The van der Waals surface area contributed by atoms with Gasteiger partial charge in [0.2, 0.25) is 21.1 Å². The Morgan fingerprint density at radius 3 is 2.44 bits per heavy atom. The van der Waals surface area contributed by atoms with Gasteiger partial charge < -0.3 is 10.1 Å². The summed E-state index contributed by atoms with van der Waals surface area (Å²) < 4.78 is 32.0. The van der Waals surface area contributed by atoms with Gasteiger partial charge in [0.25, 0.3) is 0 Å². The molecule has 1 aromatic heterocycles. The summed E-state index contributed by atoms with van der Waals surface area (Å²) in [7, 11) is -1.80. The second-order valence-electron chi connectivity index (χ2n) is 7.55. The van der Waals surface area contributed by atoms with Crippen molar-refractivity contribution in [2.75, 3.05) is 25.5 Å². The average molecular weight is 473 g/mol. The fraction of sp³-hybridized carbons (Fsp3) is 0.318. The van der Waals surface area contributed by atoms with Crippen LogP contribution in [0.15, 0.2) is 54.6 Å². The predicted molar refractivity (Wildman–Crippen MR) is 124 cm³/mol. The first kappa shape index (κ1) is 22.4. The van der Waals surface area contributed by atoms with Gasteiger partial charge in [-0.3, -0.25) is 4.79 Å². The Labute approximate surface area is 191 Å². The molecule has 0 aliphatic carbocycles.